The van der Waals surface area contributed by atoms with Gasteiger partial charge in [0.25, 0.3) is 5.88 Å². The Labute approximate surface area is 170 Å². The van der Waals surface area contributed by atoms with Crippen LogP contribution in [0.5, 0.6) is 11.6 Å². The third-order valence-electron chi connectivity index (χ3n) is 4.10. The molecule has 1 unspecified atom stereocenters. The van der Waals surface area contributed by atoms with Crippen molar-refractivity contribution in [1.82, 2.24) is 4.98 Å². The van der Waals surface area contributed by atoms with Crippen molar-refractivity contribution in [3.63, 3.8) is 0 Å². The minimum atomic E-state index is -0.970. The lowest BCUT2D eigenvalue weighted by atomic mass is 9.98. The Morgan fingerprint density at radius 2 is 1.97 bits per heavy atom. The van der Waals surface area contributed by atoms with Gasteiger partial charge in [-0.3, -0.25) is 4.79 Å². The molecule has 1 atom stereocenters. The number of nitrogens with two attached hydrogens (primary N) is 1. The van der Waals surface area contributed by atoms with Gasteiger partial charge in [0.2, 0.25) is 0 Å². The topological polar surface area (TPSA) is 85.4 Å². The molecule has 1 heterocycles. The van der Waals surface area contributed by atoms with Gasteiger partial charge in [-0.15, -0.1) is 0 Å². The molecular weight excluding hydrogens is 402 g/mol. The van der Waals surface area contributed by atoms with E-state index in [4.69, 9.17) is 27.2 Å². The third-order valence-corrected chi connectivity index (χ3v) is 4.31. The van der Waals surface area contributed by atoms with Crippen LogP contribution < -0.4 is 10.5 Å². The van der Waals surface area contributed by atoms with Crippen LogP contribution in [-0.4, -0.2) is 22.1 Å². The predicted molar refractivity (Wildman–Crippen MR) is 105 cm³/mol. The summed E-state index contributed by atoms with van der Waals surface area (Å²) in [7, 11) is 0. The molecule has 0 aliphatic heterocycles. The molecule has 2 aromatic carbocycles. The van der Waals surface area contributed by atoms with Crippen molar-refractivity contribution in [3.05, 3.63) is 76.9 Å². The van der Waals surface area contributed by atoms with E-state index in [2.05, 4.69) is 4.98 Å². The van der Waals surface area contributed by atoms with Crippen molar-refractivity contribution in [2.24, 2.45) is 5.73 Å². The van der Waals surface area contributed by atoms with E-state index in [0.717, 1.165) is 17.7 Å². The number of hydrogen-bond donors (Lipinski definition) is 2. The maximum Gasteiger partial charge on any atom is 0.304 e. The second-order valence-corrected chi connectivity index (χ2v) is 6.88. The molecular formula is C21H17ClF2N2O3. The number of pyridine rings is 1. The van der Waals surface area contributed by atoms with Gasteiger partial charge in [0.1, 0.15) is 11.6 Å². The zero-order chi connectivity index (χ0) is 21.0. The number of aromatic nitrogens is 1. The normalized spacial score (nSPS) is 11.9. The van der Waals surface area contributed by atoms with Gasteiger partial charge >= 0.3 is 5.97 Å². The van der Waals surface area contributed by atoms with E-state index >= 15 is 0 Å². The molecule has 0 aliphatic carbocycles. The van der Waals surface area contributed by atoms with Crippen LogP contribution in [0.3, 0.4) is 0 Å². The number of halogens is 3. The molecule has 0 saturated carbocycles. The van der Waals surface area contributed by atoms with Gasteiger partial charge in [-0.2, -0.15) is 0 Å². The van der Waals surface area contributed by atoms with E-state index in [0.29, 0.717) is 17.5 Å². The van der Waals surface area contributed by atoms with Gasteiger partial charge in [-0.1, -0.05) is 35.9 Å². The number of ether oxygens (including phenoxy) is 1. The molecule has 3 aromatic rings. The Hall–Kier alpha value is -3.03. The molecule has 5 nitrogen and oxygen atoms in total. The first-order valence-corrected chi connectivity index (χ1v) is 9.05. The number of benzene rings is 2. The molecule has 0 bridgehead atoms. The second kappa shape index (κ2) is 8.98. The van der Waals surface area contributed by atoms with Crippen LogP contribution in [0.15, 0.2) is 54.7 Å². The molecule has 3 N–H and O–H groups in total. The molecule has 0 radical (unpaired) electrons. The summed E-state index contributed by atoms with van der Waals surface area (Å²) in [5, 5.41) is 8.94. The van der Waals surface area contributed by atoms with Crippen LogP contribution in [0.25, 0.3) is 11.1 Å². The van der Waals surface area contributed by atoms with Crippen molar-refractivity contribution in [3.8, 4) is 22.8 Å². The average molecular weight is 419 g/mol. The second-order valence-electron chi connectivity index (χ2n) is 6.45. The summed E-state index contributed by atoms with van der Waals surface area (Å²) in [6, 6.07) is 11.7. The van der Waals surface area contributed by atoms with E-state index in [-0.39, 0.29) is 23.1 Å². The van der Waals surface area contributed by atoms with Crippen LogP contribution >= 0.6 is 11.6 Å². The lowest BCUT2D eigenvalue weighted by Crippen LogP contribution is -2.26. The van der Waals surface area contributed by atoms with E-state index in [1.165, 1.54) is 18.3 Å². The van der Waals surface area contributed by atoms with E-state index in [1.807, 2.05) is 0 Å². The van der Waals surface area contributed by atoms with Gasteiger partial charge in [-0.05, 0) is 35.7 Å². The number of aliphatic carboxylic acids is 1. The van der Waals surface area contributed by atoms with Gasteiger partial charge in [0, 0.05) is 23.9 Å². The first-order valence-electron chi connectivity index (χ1n) is 8.67. The fourth-order valence-electron chi connectivity index (χ4n) is 2.85. The van der Waals surface area contributed by atoms with Crippen molar-refractivity contribution >= 4 is 17.6 Å². The lowest BCUT2D eigenvalue weighted by Gasteiger charge is -2.12. The Balaban J connectivity index is 1.79. The fourth-order valence-corrected chi connectivity index (χ4v) is 2.99. The van der Waals surface area contributed by atoms with Crippen LogP contribution in [0.2, 0.25) is 5.02 Å². The Bertz CT molecular complexity index is 1050. The number of nitrogens with zero attached hydrogens (tertiary/aromatic N) is 1. The Morgan fingerprint density at radius 1 is 1.17 bits per heavy atom. The highest BCUT2D eigenvalue weighted by atomic mass is 35.5. The highest BCUT2D eigenvalue weighted by molar-refractivity contribution is 6.30. The quantitative estimate of drug-likeness (QED) is 0.574. The maximum absolute atomic E-state index is 14.7. The minimum absolute atomic E-state index is 0.0830. The van der Waals surface area contributed by atoms with Crippen LogP contribution in [0, 0.1) is 11.6 Å². The maximum atomic E-state index is 14.7. The average Bonchev–Trinajstić information content (AvgIpc) is 2.63. The summed E-state index contributed by atoms with van der Waals surface area (Å²) in [5.74, 6) is -2.52. The molecule has 0 amide bonds. The molecule has 150 valence electrons. The standard InChI is InChI=1S/C21H17ClF2N2O3/c22-14-8-19(24)21(26-11-14)29-16-4-5-17(18(23)10-16)13-3-1-2-12(6-13)7-15(25)9-20(27)28/h1-6,8,10-11,15H,7,9,25H2,(H,27,28). The highest BCUT2D eigenvalue weighted by Crippen LogP contribution is 2.30. The largest absolute Gasteiger partial charge is 0.481 e. The number of hydrogen-bond acceptors (Lipinski definition) is 4. The monoisotopic (exact) mass is 418 g/mol. The molecule has 0 spiro atoms. The van der Waals surface area contributed by atoms with Crippen molar-refractivity contribution in [2.75, 3.05) is 0 Å². The van der Waals surface area contributed by atoms with Crippen molar-refractivity contribution in [2.45, 2.75) is 18.9 Å². The molecule has 8 heteroatoms. The van der Waals surface area contributed by atoms with Crippen LogP contribution in [-0.2, 0) is 11.2 Å². The predicted octanol–water partition coefficient (Wildman–Crippen LogP) is 4.82. The van der Waals surface area contributed by atoms with E-state index < -0.39 is 23.6 Å². The molecule has 3 rings (SSSR count). The third kappa shape index (κ3) is 5.49. The number of rotatable bonds is 7. The summed E-state index contributed by atoms with van der Waals surface area (Å²) in [4.78, 5) is 14.5. The summed E-state index contributed by atoms with van der Waals surface area (Å²) in [6.45, 7) is 0. The van der Waals surface area contributed by atoms with E-state index in [9.17, 15) is 13.6 Å². The van der Waals surface area contributed by atoms with Gasteiger partial charge in [0.05, 0.1) is 11.4 Å². The Kier molecular flexibility index (Phi) is 6.41. The van der Waals surface area contributed by atoms with Gasteiger partial charge in [0.15, 0.2) is 5.82 Å². The van der Waals surface area contributed by atoms with Crippen molar-refractivity contribution in [1.29, 1.82) is 0 Å². The molecule has 0 saturated heterocycles. The number of carbonyl (C=O) groups is 1. The fraction of sp³-hybridized carbons (Fsp3) is 0.143. The summed E-state index contributed by atoms with van der Waals surface area (Å²) in [5.41, 5.74) is 7.54. The van der Waals surface area contributed by atoms with Gasteiger partial charge < -0.3 is 15.6 Å². The first-order chi connectivity index (χ1) is 13.8. The first kappa shape index (κ1) is 20.7. The smallest absolute Gasteiger partial charge is 0.304 e. The molecule has 1 aromatic heterocycles. The van der Waals surface area contributed by atoms with Crippen LogP contribution in [0.4, 0.5) is 8.78 Å². The van der Waals surface area contributed by atoms with Crippen LogP contribution in [0.1, 0.15) is 12.0 Å². The number of carboxylic acid groups (broad SMARTS) is 1. The van der Waals surface area contributed by atoms with E-state index in [1.54, 1.807) is 24.3 Å². The minimum Gasteiger partial charge on any atom is -0.481 e. The molecule has 0 fully saturated rings. The zero-order valence-corrected chi connectivity index (χ0v) is 15.9. The molecule has 0 aliphatic rings. The summed E-state index contributed by atoms with van der Waals surface area (Å²) in [6.07, 6.45) is 1.43. The zero-order valence-electron chi connectivity index (χ0n) is 15.1. The van der Waals surface area contributed by atoms with Crippen molar-refractivity contribution < 1.29 is 23.4 Å². The van der Waals surface area contributed by atoms with Gasteiger partial charge in [-0.25, -0.2) is 13.8 Å². The SMILES string of the molecule is NC(CC(=O)O)Cc1cccc(-c2ccc(Oc3ncc(Cl)cc3F)cc2F)c1. The Morgan fingerprint density at radius 3 is 2.66 bits per heavy atom. The summed E-state index contributed by atoms with van der Waals surface area (Å²) >= 11 is 5.65. The highest BCUT2D eigenvalue weighted by Gasteiger charge is 2.13. The number of carboxylic acids is 1. The molecule has 29 heavy (non-hydrogen) atoms. The summed E-state index contributed by atoms with van der Waals surface area (Å²) < 4.78 is 33.7. The lowest BCUT2D eigenvalue weighted by molar-refractivity contribution is -0.137.